The molecule has 0 saturated carbocycles. The molecule has 2 aromatic carbocycles. The average Bonchev–Trinajstić information content (AvgIpc) is 2.68. The Bertz CT molecular complexity index is 972. The van der Waals surface area contributed by atoms with Gasteiger partial charge in [0, 0.05) is 12.1 Å². The molecule has 0 fully saturated rings. The van der Waals surface area contributed by atoms with E-state index in [9.17, 15) is 23.3 Å². The van der Waals surface area contributed by atoms with Crippen LogP contribution in [0.5, 0.6) is 5.75 Å². The van der Waals surface area contributed by atoms with Crippen LogP contribution in [0.4, 0.5) is 5.69 Å². The van der Waals surface area contributed by atoms with E-state index >= 15 is 0 Å². The minimum Gasteiger partial charge on any atom is -0.497 e. The predicted octanol–water partition coefficient (Wildman–Crippen LogP) is 1.42. The fraction of sp³-hybridized carbons (Fsp3) is 0.176. The van der Waals surface area contributed by atoms with Gasteiger partial charge in [0.05, 0.1) is 29.2 Å². The number of sulfonamides is 1. The van der Waals surface area contributed by atoms with Crippen molar-refractivity contribution in [3.05, 3.63) is 64.2 Å². The van der Waals surface area contributed by atoms with E-state index in [0.29, 0.717) is 11.3 Å². The summed E-state index contributed by atoms with van der Waals surface area (Å²) in [6, 6.07) is 10.1. The Labute approximate surface area is 161 Å². The van der Waals surface area contributed by atoms with Crippen molar-refractivity contribution >= 4 is 27.8 Å². The Morgan fingerprint density at radius 2 is 1.79 bits per heavy atom. The number of nitro benzene ring substituents is 1. The smallest absolute Gasteiger partial charge is 0.269 e. The fourth-order valence-corrected chi connectivity index (χ4v) is 3.26. The Balaban J connectivity index is 1.96. The first-order valence-corrected chi connectivity index (χ1v) is 9.45. The minimum atomic E-state index is -4.03. The molecule has 0 aliphatic rings. The number of carbonyl (C=O) groups is 1. The van der Waals surface area contributed by atoms with Gasteiger partial charge in [-0.15, -0.1) is 0 Å². The van der Waals surface area contributed by atoms with Crippen LogP contribution in [0.1, 0.15) is 12.5 Å². The highest BCUT2D eigenvalue weighted by atomic mass is 32.2. The van der Waals surface area contributed by atoms with Gasteiger partial charge in [-0.1, -0.05) is 0 Å². The van der Waals surface area contributed by atoms with E-state index in [4.69, 9.17) is 4.74 Å². The van der Waals surface area contributed by atoms with Gasteiger partial charge in [-0.05, 0) is 48.9 Å². The molecule has 0 aliphatic heterocycles. The second-order valence-corrected chi connectivity index (χ2v) is 7.32. The number of hydrazone groups is 1. The summed E-state index contributed by atoms with van der Waals surface area (Å²) < 4.78 is 31.8. The first kappa shape index (κ1) is 21.0. The van der Waals surface area contributed by atoms with E-state index < -0.39 is 26.9 Å². The number of rotatable bonds is 8. The van der Waals surface area contributed by atoms with E-state index in [1.807, 2.05) is 0 Å². The van der Waals surface area contributed by atoms with Crippen LogP contribution in [0.3, 0.4) is 0 Å². The second kappa shape index (κ2) is 9.06. The van der Waals surface area contributed by atoms with Gasteiger partial charge in [0.15, 0.2) is 0 Å². The zero-order chi connectivity index (χ0) is 20.7. The molecule has 1 amide bonds. The molecule has 0 saturated heterocycles. The van der Waals surface area contributed by atoms with Gasteiger partial charge in [-0.2, -0.15) is 9.82 Å². The van der Waals surface area contributed by atoms with Crippen LogP contribution >= 0.6 is 0 Å². The number of hydrogen-bond donors (Lipinski definition) is 2. The van der Waals surface area contributed by atoms with Gasteiger partial charge in [0.25, 0.3) is 11.6 Å². The van der Waals surface area contributed by atoms with Crippen molar-refractivity contribution in [2.75, 3.05) is 7.11 Å². The first-order chi connectivity index (χ1) is 13.2. The number of carbonyl (C=O) groups excluding carboxylic acids is 1. The quantitative estimate of drug-likeness (QED) is 0.386. The number of hydrogen-bond acceptors (Lipinski definition) is 7. The lowest BCUT2D eigenvalue weighted by Crippen LogP contribution is -2.43. The first-order valence-electron chi connectivity index (χ1n) is 7.96. The summed E-state index contributed by atoms with van der Waals surface area (Å²) in [4.78, 5) is 21.8. The normalized spacial score (nSPS) is 12.5. The van der Waals surface area contributed by atoms with Crippen LogP contribution < -0.4 is 14.9 Å². The summed E-state index contributed by atoms with van der Waals surface area (Å²) in [5.41, 5.74) is 2.71. The number of methoxy groups -OCH3 is 1. The van der Waals surface area contributed by atoms with Gasteiger partial charge in [0.1, 0.15) is 5.75 Å². The van der Waals surface area contributed by atoms with Gasteiger partial charge in [0.2, 0.25) is 10.0 Å². The molecule has 2 aromatic rings. The summed E-state index contributed by atoms with van der Waals surface area (Å²) in [6.07, 6.45) is 1.40. The summed E-state index contributed by atoms with van der Waals surface area (Å²) in [7, 11) is -2.49. The van der Waals surface area contributed by atoms with E-state index in [2.05, 4.69) is 15.2 Å². The fourth-order valence-electron chi connectivity index (χ4n) is 2.06. The number of non-ortho nitro benzene ring substituents is 1. The van der Waals surface area contributed by atoms with Crippen LogP contribution in [0.2, 0.25) is 0 Å². The van der Waals surface area contributed by atoms with Gasteiger partial charge in [-0.25, -0.2) is 13.8 Å². The molecule has 11 heteroatoms. The maximum atomic E-state index is 12.3. The molecule has 1 atom stereocenters. The van der Waals surface area contributed by atoms with Crippen molar-refractivity contribution in [1.82, 2.24) is 10.1 Å². The van der Waals surface area contributed by atoms with Gasteiger partial charge < -0.3 is 4.74 Å². The summed E-state index contributed by atoms with van der Waals surface area (Å²) in [5, 5.41) is 14.4. The Hall–Kier alpha value is -3.31. The standard InChI is InChI=1S/C17H18N4O6S/c1-12(17(22)19-18-11-13-3-7-15(27-2)8-4-13)20-28(25,26)16-9-5-14(6-10-16)21(23)24/h3-12,20H,1-2H3,(H,19,22)/t12-/m1/s1. The lowest BCUT2D eigenvalue weighted by atomic mass is 10.2. The molecule has 0 bridgehead atoms. The predicted molar refractivity (Wildman–Crippen MR) is 102 cm³/mol. The van der Waals surface area contributed by atoms with Crippen molar-refractivity contribution < 1.29 is 22.9 Å². The minimum absolute atomic E-state index is 0.195. The van der Waals surface area contributed by atoms with Crippen molar-refractivity contribution in [1.29, 1.82) is 0 Å². The largest absolute Gasteiger partial charge is 0.497 e. The number of benzene rings is 2. The molecular formula is C17H18N4O6S. The van der Waals surface area contributed by atoms with Crippen LogP contribution in [0, 0.1) is 10.1 Å². The number of nitrogens with one attached hydrogen (secondary N) is 2. The topological polar surface area (TPSA) is 140 Å². The zero-order valence-corrected chi connectivity index (χ0v) is 15.8. The molecule has 2 N–H and O–H groups in total. The third-order valence-electron chi connectivity index (χ3n) is 3.59. The Kier molecular flexibility index (Phi) is 6.79. The molecule has 0 unspecified atom stereocenters. The molecule has 0 spiro atoms. The van der Waals surface area contributed by atoms with Crippen LogP contribution in [0.25, 0.3) is 0 Å². The Morgan fingerprint density at radius 3 is 2.32 bits per heavy atom. The SMILES string of the molecule is COc1ccc(C=NNC(=O)[C@@H](C)NS(=O)(=O)c2ccc([N+](=O)[O-])cc2)cc1. The molecule has 0 heterocycles. The van der Waals surface area contributed by atoms with Crippen molar-refractivity contribution in [3.63, 3.8) is 0 Å². The van der Waals surface area contributed by atoms with Crippen LogP contribution in [-0.4, -0.2) is 38.6 Å². The third kappa shape index (κ3) is 5.59. The highest BCUT2D eigenvalue weighted by Gasteiger charge is 2.22. The number of nitrogens with zero attached hydrogens (tertiary/aromatic N) is 2. The highest BCUT2D eigenvalue weighted by molar-refractivity contribution is 7.89. The lowest BCUT2D eigenvalue weighted by Gasteiger charge is -2.12. The van der Waals surface area contributed by atoms with E-state index in [-0.39, 0.29) is 10.6 Å². The maximum absolute atomic E-state index is 12.3. The molecule has 0 aliphatic carbocycles. The van der Waals surface area contributed by atoms with Crippen LogP contribution in [-0.2, 0) is 14.8 Å². The van der Waals surface area contributed by atoms with Crippen molar-refractivity contribution in [3.8, 4) is 5.75 Å². The molecule has 28 heavy (non-hydrogen) atoms. The van der Waals surface area contributed by atoms with E-state index in [1.54, 1.807) is 31.4 Å². The molecule has 0 radical (unpaired) electrons. The number of nitro groups is 1. The Morgan fingerprint density at radius 1 is 1.18 bits per heavy atom. The van der Waals surface area contributed by atoms with Crippen molar-refractivity contribution in [2.45, 2.75) is 17.9 Å². The van der Waals surface area contributed by atoms with Crippen LogP contribution in [0.15, 0.2) is 58.5 Å². The number of amides is 1. The highest BCUT2D eigenvalue weighted by Crippen LogP contribution is 2.16. The van der Waals surface area contributed by atoms with Gasteiger partial charge in [-0.3, -0.25) is 14.9 Å². The third-order valence-corrected chi connectivity index (χ3v) is 5.14. The van der Waals surface area contributed by atoms with Gasteiger partial charge >= 0.3 is 0 Å². The maximum Gasteiger partial charge on any atom is 0.269 e. The van der Waals surface area contributed by atoms with Crippen molar-refractivity contribution in [2.24, 2.45) is 5.10 Å². The molecule has 148 valence electrons. The average molecular weight is 406 g/mol. The summed E-state index contributed by atoms with van der Waals surface area (Å²) in [5.74, 6) is 0.00528. The molecule has 2 rings (SSSR count). The molecule has 10 nitrogen and oxygen atoms in total. The summed E-state index contributed by atoms with van der Waals surface area (Å²) >= 11 is 0. The van der Waals surface area contributed by atoms with E-state index in [0.717, 1.165) is 24.3 Å². The number of ether oxygens (including phenoxy) is 1. The van der Waals surface area contributed by atoms with E-state index in [1.165, 1.54) is 13.1 Å². The monoisotopic (exact) mass is 406 g/mol. The zero-order valence-electron chi connectivity index (χ0n) is 15.0. The lowest BCUT2D eigenvalue weighted by molar-refractivity contribution is -0.384. The second-order valence-electron chi connectivity index (χ2n) is 5.60. The summed E-state index contributed by atoms with van der Waals surface area (Å²) in [6.45, 7) is 1.35. The molecule has 0 aromatic heterocycles. The molecular weight excluding hydrogens is 388 g/mol.